The van der Waals surface area contributed by atoms with E-state index in [1.807, 2.05) is 41.5 Å². The lowest BCUT2D eigenvalue weighted by Gasteiger charge is -2.26. The van der Waals surface area contributed by atoms with Crippen LogP contribution in [0.25, 0.3) is 0 Å². The molecule has 1 aliphatic carbocycles. The first-order valence-corrected chi connectivity index (χ1v) is 12.9. The summed E-state index contributed by atoms with van der Waals surface area (Å²) in [6, 6.07) is 5.40. The van der Waals surface area contributed by atoms with E-state index in [9.17, 15) is 30.0 Å². The van der Waals surface area contributed by atoms with E-state index in [4.69, 9.17) is 9.98 Å². The maximum absolute atomic E-state index is 11.7. The molecule has 4 N–H and O–H groups in total. The van der Waals surface area contributed by atoms with E-state index in [0.717, 1.165) is 25.7 Å². The molecule has 0 aliphatic heterocycles. The fraction of sp³-hybridized carbons (Fsp3) is 0.467. The number of aliphatic imine (C=N–C) groups is 2. The van der Waals surface area contributed by atoms with E-state index in [-0.39, 0.29) is 34.7 Å². The summed E-state index contributed by atoms with van der Waals surface area (Å²) in [7, 11) is 0. The number of carbonyl (C=O) groups is 2. The highest BCUT2D eigenvalue weighted by atomic mass is 16.4. The summed E-state index contributed by atoms with van der Waals surface area (Å²) in [5.41, 5.74) is 0.963. The number of rotatable bonds is 6. The molecule has 0 spiro atoms. The zero-order chi connectivity index (χ0) is 28.4. The van der Waals surface area contributed by atoms with E-state index >= 15 is 0 Å². The SMILES string of the molecule is CC(C)(C)c1cc(C(=O)O)cc(C=NC2CCCCC2N=Cc2cc(C(=O)O)cc(C(C)(C)C)c2O)c1O. The molecule has 38 heavy (non-hydrogen) atoms. The Morgan fingerprint density at radius 1 is 0.711 bits per heavy atom. The third kappa shape index (κ3) is 6.60. The summed E-state index contributed by atoms with van der Waals surface area (Å²) in [6.45, 7) is 11.4. The molecule has 2 atom stereocenters. The zero-order valence-electron chi connectivity index (χ0n) is 22.9. The van der Waals surface area contributed by atoms with E-state index in [0.29, 0.717) is 22.3 Å². The van der Waals surface area contributed by atoms with E-state index in [2.05, 4.69) is 0 Å². The van der Waals surface area contributed by atoms with Crippen LogP contribution in [0.4, 0.5) is 0 Å². The monoisotopic (exact) mass is 522 g/mol. The van der Waals surface area contributed by atoms with Gasteiger partial charge in [0.05, 0.1) is 23.2 Å². The number of carboxylic acid groups (broad SMARTS) is 2. The standard InChI is InChI=1S/C30H38N2O6/c1-29(2,3)21-13-17(27(35)36)11-19(25(21)33)15-31-23-9-7-8-10-24(23)32-16-20-12-18(28(37)38)14-22(26(20)34)30(4,5)6/h11-16,23-24,33-34H,7-10H2,1-6H3,(H,35,36)(H,37,38). The molecule has 2 aromatic carbocycles. The summed E-state index contributed by atoms with van der Waals surface area (Å²) < 4.78 is 0. The number of aromatic hydroxyl groups is 2. The number of hydrogen-bond acceptors (Lipinski definition) is 6. The normalized spacial score (nSPS) is 18.8. The highest BCUT2D eigenvalue weighted by Crippen LogP contribution is 2.36. The van der Waals surface area contributed by atoms with Crippen molar-refractivity contribution >= 4 is 24.4 Å². The number of aromatic carboxylic acids is 2. The van der Waals surface area contributed by atoms with Crippen molar-refractivity contribution in [3.8, 4) is 11.5 Å². The Balaban J connectivity index is 1.97. The minimum Gasteiger partial charge on any atom is -0.507 e. The van der Waals surface area contributed by atoms with Gasteiger partial charge in [0, 0.05) is 34.7 Å². The topological polar surface area (TPSA) is 140 Å². The Hall–Kier alpha value is -3.68. The lowest BCUT2D eigenvalue weighted by atomic mass is 9.84. The number of carboxylic acids is 2. The Bertz CT molecular complexity index is 1180. The van der Waals surface area contributed by atoms with Crippen LogP contribution in [-0.2, 0) is 10.8 Å². The Morgan fingerprint density at radius 3 is 1.34 bits per heavy atom. The lowest BCUT2D eigenvalue weighted by Crippen LogP contribution is -2.27. The van der Waals surface area contributed by atoms with Crippen molar-refractivity contribution < 1.29 is 30.0 Å². The third-order valence-electron chi connectivity index (χ3n) is 6.89. The molecule has 1 aliphatic rings. The smallest absolute Gasteiger partial charge is 0.335 e. The van der Waals surface area contributed by atoms with Gasteiger partial charge in [-0.25, -0.2) is 9.59 Å². The average Bonchev–Trinajstić information content (AvgIpc) is 2.81. The van der Waals surface area contributed by atoms with Crippen molar-refractivity contribution in [1.82, 2.24) is 0 Å². The summed E-state index contributed by atoms with van der Waals surface area (Å²) in [5, 5.41) is 40.9. The van der Waals surface area contributed by atoms with Crippen LogP contribution in [0.1, 0.15) is 110 Å². The van der Waals surface area contributed by atoms with Crippen LogP contribution < -0.4 is 0 Å². The van der Waals surface area contributed by atoms with Gasteiger partial charge in [0.2, 0.25) is 0 Å². The molecular formula is C30H38N2O6. The van der Waals surface area contributed by atoms with Crippen LogP contribution in [0, 0.1) is 0 Å². The number of hydrogen-bond donors (Lipinski definition) is 4. The van der Waals surface area contributed by atoms with E-state index < -0.39 is 22.8 Å². The van der Waals surface area contributed by atoms with Gasteiger partial charge in [0.15, 0.2) is 0 Å². The highest BCUT2D eigenvalue weighted by molar-refractivity contribution is 5.94. The van der Waals surface area contributed by atoms with E-state index in [1.54, 1.807) is 0 Å². The first kappa shape index (κ1) is 28.9. The number of benzene rings is 2. The van der Waals surface area contributed by atoms with Crippen LogP contribution in [0.15, 0.2) is 34.3 Å². The molecule has 204 valence electrons. The van der Waals surface area contributed by atoms with Gasteiger partial charge in [-0.3, -0.25) is 9.98 Å². The summed E-state index contributed by atoms with van der Waals surface area (Å²) in [5.74, 6) is -2.15. The fourth-order valence-corrected chi connectivity index (χ4v) is 4.69. The van der Waals surface area contributed by atoms with Crippen LogP contribution in [0.2, 0.25) is 0 Å². The molecule has 2 unspecified atom stereocenters. The molecule has 0 amide bonds. The second kappa shape index (κ2) is 11.0. The van der Waals surface area contributed by atoms with Crippen LogP contribution in [-0.4, -0.2) is 56.9 Å². The van der Waals surface area contributed by atoms with Crippen molar-refractivity contribution in [3.63, 3.8) is 0 Å². The van der Waals surface area contributed by atoms with Gasteiger partial charge < -0.3 is 20.4 Å². The van der Waals surface area contributed by atoms with Crippen LogP contribution >= 0.6 is 0 Å². The molecule has 0 heterocycles. The molecule has 1 fully saturated rings. The second-order valence-corrected chi connectivity index (χ2v) is 12.0. The average molecular weight is 523 g/mol. The van der Waals surface area contributed by atoms with Gasteiger partial charge in [0.1, 0.15) is 11.5 Å². The molecular weight excluding hydrogens is 484 g/mol. The Labute approximate surface area is 223 Å². The first-order valence-electron chi connectivity index (χ1n) is 12.9. The minimum absolute atomic E-state index is 0.00669. The summed E-state index contributed by atoms with van der Waals surface area (Å²) >= 11 is 0. The molecule has 0 aromatic heterocycles. The van der Waals surface area contributed by atoms with Crippen molar-refractivity contribution in [2.45, 2.75) is 90.1 Å². The molecule has 0 bridgehead atoms. The number of nitrogens with zero attached hydrogens (tertiary/aromatic N) is 2. The maximum Gasteiger partial charge on any atom is 0.335 e. The fourth-order valence-electron chi connectivity index (χ4n) is 4.69. The summed E-state index contributed by atoms with van der Waals surface area (Å²) in [4.78, 5) is 32.8. The third-order valence-corrected chi connectivity index (χ3v) is 6.89. The lowest BCUT2D eigenvalue weighted by molar-refractivity contribution is 0.0685. The van der Waals surface area contributed by atoms with Gasteiger partial charge in [-0.1, -0.05) is 54.4 Å². The predicted molar refractivity (Wildman–Crippen MR) is 149 cm³/mol. The Morgan fingerprint density at radius 2 is 1.05 bits per heavy atom. The minimum atomic E-state index is -1.08. The highest BCUT2D eigenvalue weighted by Gasteiger charge is 2.26. The molecule has 2 aromatic rings. The number of phenols is 2. The van der Waals surface area contributed by atoms with Gasteiger partial charge in [-0.05, 0) is 47.9 Å². The largest absolute Gasteiger partial charge is 0.507 e. The van der Waals surface area contributed by atoms with Gasteiger partial charge in [-0.2, -0.15) is 0 Å². The van der Waals surface area contributed by atoms with Crippen molar-refractivity contribution in [2.75, 3.05) is 0 Å². The van der Waals surface area contributed by atoms with Gasteiger partial charge in [-0.15, -0.1) is 0 Å². The quantitative estimate of drug-likeness (QED) is 0.346. The molecule has 3 rings (SSSR count). The molecule has 0 saturated heterocycles. The predicted octanol–water partition coefficient (Wildman–Crippen LogP) is 5.94. The van der Waals surface area contributed by atoms with Crippen LogP contribution in [0.3, 0.4) is 0 Å². The Kier molecular flexibility index (Phi) is 8.34. The first-order chi connectivity index (χ1) is 17.6. The number of phenolic OH excluding ortho intramolecular Hbond substituents is 2. The van der Waals surface area contributed by atoms with E-state index in [1.165, 1.54) is 36.7 Å². The second-order valence-electron chi connectivity index (χ2n) is 12.0. The van der Waals surface area contributed by atoms with Gasteiger partial charge >= 0.3 is 11.9 Å². The maximum atomic E-state index is 11.7. The van der Waals surface area contributed by atoms with Crippen molar-refractivity contribution in [3.05, 3.63) is 57.6 Å². The van der Waals surface area contributed by atoms with Crippen LogP contribution in [0.5, 0.6) is 11.5 Å². The zero-order valence-corrected chi connectivity index (χ0v) is 22.9. The van der Waals surface area contributed by atoms with Crippen molar-refractivity contribution in [1.29, 1.82) is 0 Å². The summed E-state index contributed by atoms with van der Waals surface area (Å²) in [6.07, 6.45) is 6.48. The molecule has 8 heteroatoms. The van der Waals surface area contributed by atoms with Crippen molar-refractivity contribution in [2.24, 2.45) is 9.98 Å². The molecule has 0 radical (unpaired) electrons. The molecule has 8 nitrogen and oxygen atoms in total. The molecule has 1 saturated carbocycles. The van der Waals surface area contributed by atoms with Gasteiger partial charge in [0.25, 0.3) is 0 Å².